The maximum Gasteiger partial charge on any atom is 0.331 e. The molecule has 0 aliphatic heterocycles. The van der Waals surface area contributed by atoms with E-state index in [1.165, 1.54) is 17.4 Å². The first-order chi connectivity index (χ1) is 15.1. The zero-order valence-electron chi connectivity index (χ0n) is 17.7. The van der Waals surface area contributed by atoms with Crippen LogP contribution in [0.15, 0.2) is 47.9 Å². The second-order valence-electron chi connectivity index (χ2n) is 6.23. The van der Waals surface area contributed by atoms with Crippen LogP contribution in [0.4, 0.5) is 0 Å². The molecule has 8 heteroatoms. The van der Waals surface area contributed by atoms with E-state index in [1.807, 2.05) is 23.6 Å². The smallest absolute Gasteiger partial charge is 0.331 e. The van der Waals surface area contributed by atoms with Crippen LogP contribution in [0.1, 0.15) is 11.3 Å². The molecule has 0 fully saturated rings. The molecule has 0 radical (unpaired) electrons. The highest BCUT2D eigenvalue weighted by Crippen LogP contribution is 2.39. The molecule has 0 unspecified atom stereocenters. The summed E-state index contributed by atoms with van der Waals surface area (Å²) < 4.78 is 26.6. The van der Waals surface area contributed by atoms with Gasteiger partial charge in [-0.25, -0.2) is 9.78 Å². The van der Waals surface area contributed by atoms with Gasteiger partial charge in [0.05, 0.1) is 39.7 Å². The first-order valence-electron chi connectivity index (χ1n) is 9.32. The molecule has 0 atom stereocenters. The average molecular weight is 442 g/mol. The largest absolute Gasteiger partial charge is 0.497 e. The Balaban J connectivity index is 1.66. The van der Waals surface area contributed by atoms with Gasteiger partial charge < -0.3 is 23.7 Å². The average Bonchev–Trinajstić information content (AvgIpc) is 3.29. The highest BCUT2D eigenvalue weighted by atomic mass is 32.1. The second kappa shape index (κ2) is 10.5. The van der Waals surface area contributed by atoms with Crippen LogP contribution in [0.2, 0.25) is 0 Å². The number of carbonyl (C=O) groups is 1. The molecule has 1 heterocycles. The van der Waals surface area contributed by atoms with E-state index in [1.54, 1.807) is 52.7 Å². The summed E-state index contributed by atoms with van der Waals surface area (Å²) in [6, 6.07) is 10.9. The van der Waals surface area contributed by atoms with E-state index in [9.17, 15) is 4.79 Å². The fraction of sp³-hybridized carbons (Fsp3) is 0.217. The highest BCUT2D eigenvalue weighted by Gasteiger charge is 2.15. The van der Waals surface area contributed by atoms with E-state index >= 15 is 0 Å². The Morgan fingerprint density at radius 2 is 1.81 bits per heavy atom. The minimum Gasteiger partial charge on any atom is -0.497 e. The summed E-state index contributed by atoms with van der Waals surface area (Å²) in [6.45, 7) is 0.0567. The van der Waals surface area contributed by atoms with Gasteiger partial charge >= 0.3 is 5.97 Å². The molecule has 0 amide bonds. The lowest BCUT2D eigenvalue weighted by molar-refractivity contribution is -0.139. The van der Waals surface area contributed by atoms with Crippen molar-refractivity contribution in [3.05, 3.63) is 59.1 Å². The normalized spacial score (nSPS) is 10.7. The highest BCUT2D eigenvalue weighted by molar-refractivity contribution is 7.13. The Kier molecular flexibility index (Phi) is 7.50. The van der Waals surface area contributed by atoms with Crippen LogP contribution < -0.4 is 18.9 Å². The van der Waals surface area contributed by atoms with Crippen LogP contribution >= 0.6 is 11.3 Å². The number of ether oxygens (including phenoxy) is 5. The standard InChI is InChI=1S/C23H23NO6S/c1-26-17-9-10-19(27-2)15(12-17)8-11-21(25)30-13-16-14-31-23(24-16)18-6-5-7-20(28-3)22(18)29-4/h5-12,14H,13H2,1-4H3/b11-8+. The topological polar surface area (TPSA) is 76.1 Å². The first kappa shape index (κ1) is 22.2. The molecule has 31 heavy (non-hydrogen) atoms. The van der Waals surface area contributed by atoms with Gasteiger partial charge in [-0.15, -0.1) is 11.3 Å². The van der Waals surface area contributed by atoms with Crippen molar-refractivity contribution in [1.29, 1.82) is 0 Å². The molecule has 162 valence electrons. The quantitative estimate of drug-likeness (QED) is 0.355. The van der Waals surface area contributed by atoms with Gasteiger partial charge in [0.1, 0.15) is 23.1 Å². The Labute approximate surface area is 184 Å². The fourth-order valence-corrected chi connectivity index (χ4v) is 3.70. The predicted molar refractivity (Wildman–Crippen MR) is 119 cm³/mol. The number of para-hydroxylation sites is 1. The SMILES string of the molecule is COc1ccc(OC)c(/C=C/C(=O)OCc2csc(-c3cccc(OC)c3OC)n2)c1. The number of carbonyl (C=O) groups excluding carboxylic acids is 1. The molecule has 0 saturated carbocycles. The van der Waals surface area contributed by atoms with Crippen molar-refractivity contribution in [2.45, 2.75) is 6.61 Å². The summed E-state index contributed by atoms with van der Waals surface area (Å²) in [5.74, 6) is 2.04. The minimum absolute atomic E-state index is 0.0567. The first-order valence-corrected chi connectivity index (χ1v) is 10.2. The molecule has 1 aromatic heterocycles. The summed E-state index contributed by atoms with van der Waals surface area (Å²) >= 11 is 1.44. The Morgan fingerprint density at radius 3 is 2.52 bits per heavy atom. The third kappa shape index (κ3) is 5.35. The second-order valence-corrected chi connectivity index (χ2v) is 7.09. The molecule has 7 nitrogen and oxygen atoms in total. The van der Waals surface area contributed by atoms with Crippen molar-refractivity contribution in [2.24, 2.45) is 0 Å². The Morgan fingerprint density at radius 1 is 1.00 bits per heavy atom. The fourth-order valence-electron chi connectivity index (χ4n) is 2.87. The maximum absolute atomic E-state index is 12.2. The number of nitrogens with zero attached hydrogens (tertiary/aromatic N) is 1. The number of hydrogen-bond acceptors (Lipinski definition) is 8. The predicted octanol–water partition coefficient (Wildman–Crippen LogP) is 4.60. The number of rotatable bonds is 9. The maximum atomic E-state index is 12.2. The number of esters is 1. The molecule has 3 aromatic rings. The van der Waals surface area contributed by atoms with Gasteiger partial charge in [-0.1, -0.05) is 6.07 Å². The molecule has 0 bridgehead atoms. The van der Waals surface area contributed by atoms with Crippen molar-refractivity contribution in [3.8, 4) is 33.6 Å². The van der Waals surface area contributed by atoms with Crippen molar-refractivity contribution >= 4 is 23.4 Å². The summed E-state index contributed by atoms with van der Waals surface area (Å²) in [5, 5.41) is 2.59. The third-order valence-electron chi connectivity index (χ3n) is 4.38. The molecule has 0 saturated heterocycles. The van der Waals surface area contributed by atoms with Gasteiger partial charge in [0.15, 0.2) is 11.5 Å². The van der Waals surface area contributed by atoms with Crippen molar-refractivity contribution in [2.75, 3.05) is 28.4 Å². The van der Waals surface area contributed by atoms with Crippen molar-refractivity contribution < 1.29 is 28.5 Å². The van der Waals surface area contributed by atoms with Crippen LogP contribution in [-0.4, -0.2) is 39.4 Å². The molecule has 0 spiro atoms. The third-order valence-corrected chi connectivity index (χ3v) is 5.31. The van der Waals surface area contributed by atoms with E-state index in [0.29, 0.717) is 34.3 Å². The van der Waals surface area contributed by atoms with Crippen molar-refractivity contribution in [1.82, 2.24) is 4.98 Å². The van der Waals surface area contributed by atoms with Crippen LogP contribution in [0.25, 0.3) is 16.6 Å². The number of methoxy groups -OCH3 is 4. The zero-order chi connectivity index (χ0) is 22.2. The number of hydrogen-bond donors (Lipinski definition) is 0. The van der Waals surface area contributed by atoms with E-state index in [-0.39, 0.29) is 6.61 Å². The van der Waals surface area contributed by atoms with E-state index < -0.39 is 5.97 Å². The molecule has 2 aromatic carbocycles. The van der Waals surface area contributed by atoms with Gasteiger partial charge in [0.2, 0.25) is 0 Å². The molecule has 0 aliphatic carbocycles. The van der Waals surface area contributed by atoms with Crippen LogP contribution in [0.5, 0.6) is 23.0 Å². The van der Waals surface area contributed by atoms with E-state index in [2.05, 4.69) is 4.98 Å². The number of benzene rings is 2. The van der Waals surface area contributed by atoms with Crippen LogP contribution in [-0.2, 0) is 16.1 Å². The summed E-state index contributed by atoms with van der Waals surface area (Å²) in [4.78, 5) is 16.7. The number of aromatic nitrogens is 1. The summed E-state index contributed by atoms with van der Waals surface area (Å²) in [5.41, 5.74) is 2.17. The zero-order valence-corrected chi connectivity index (χ0v) is 18.5. The van der Waals surface area contributed by atoms with Gasteiger partial charge in [-0.2, -0.15) is 0 Å². The minimum atomic E-state index is -0.488. The summed E-state index contributed by atoms with van der Waals surface area (Å²) in [6.07, 6.45) is 2.97. The molecular formula is C23H23NO6S. The van der Waals surface area contributed by atoms with Gasteiger partial charge in [0, 0.05) is 17.0 Å². The lowest BCUT2D eigenvalue weighted by Gasteiger charge is -2.10. The van der Waals surface area contributed by atoms with Gasteiger partial charge in [-0.05, 0) is 36.4 Å². The lowest BCUT2D eigenvalue weighted by Crippen LogP contribution is -2.01. The van der Waals surface area contributed by atoms with Gasteiger partial charge in [-0.3, -0.25) is 0 Å². The molecular weight excluding hydrogens is 418 g/mol. The Bertz CT molecular complexity index is 1080. The number of thiazole rings is 1. The monoisotopic (exact) mass is 441 g/mol. The van der Waals surface area contributed by atoms with Crippen LogP contribution in [0, 0.1) is 0 Å². The van der Waals surface area contributed by atoms with Crippen molar-refractivity contribution in [3.63, 3.8) is 0 Å². The Hall–Kier alpha value is -3.52. The molecule has 3 rings (SSSR count). The van der Waals surface area contributed by atoms with E-state index in [4.69, 9.17) is 23.7 Å². The van der Waals surface area contributed by atoms with Crippen LogP contribution in [0.3, 0.4) is 0 Å². The van der Waals surface area contributed by atoms with E-state index in [0.717, 1.165) is 10.6 Å². The van der Waals surface area contributed by atoms with Gasteiger partial charge in [0.25, 0.3) is 0 Å². The summed E-state index contributed by atoms with van der Waals surface area (Å²) in [7, 11) is 6.31. The lowest BCUT2D eigenvalue weighted by atomic mass is 10.1. The molecule has 0 N–H and O–H groups in total. The molecule has 0 aliphatic rings.